The summed E-state index contributed by atoms with van der Waals surface area (Å²) in [6, 6.07) is 9.01. The normalized spacial score (nSPS) is 11.4. The molecule has 26 heavy (non-hydrogen) atoms. The van der Waals surface area contributed by atoms with E-state index in [9.17, 15) is 17.6 Å². The Labute approximate surface area is 148 Å². The van der Waals surface area contributed by atoms with Gasteiger partial charge in [0.1, 0.15) is 5.82 Å². The molecule has 0 spiro atoms. The van der Waals surface area contributed by atoms with Crippen molar-refractivity contribution in [2.75, 3.05) is 0 Å². The SMILES string of the molecule is C/C(=N/Oc1ccc(F)cc1)c1ccc(C)cc1C(F)(F)F.N=S(=O)=O. The summed E-state index contributed by atoms with van der Waals surface area (Å²) in [5, 5.41) is 3.69. The maximum Gasteiger partial charge on any atom is 0.417 e. The monoisotopic (exact) mass is 390 g/mol. The fourth-order valence-corrected chi connectivity index (χ4v) is 1.87. The van der Waals surface area contributed by atoms with Crippen LogP contribution in [-0.2, 0) is 16.7 Å². The molecule has 0 heterocycles. The minimum absolute atomic E-state index is 0.0554. The number of rotatable bonds is 3. The lowest BCUT2D eigenvalue weighted by Gasteiger charge is -2.13. The average molecular weight is 390 g/mol. The number of benzene rings is 2. The zero-order chi connectivity index (χ0) is 19.9. The van der Waals surface area contributed by atoms with Gasteiger partial charge in [-0.2, -0.15) is 26.4 Å². The van der Waals surface area contributed by atoms with Gasteiger partial charge in [0.25, 0.3) is 0 Å². The summed E-state index contributed by atoms with van der Waals surface area (Å²) in [6.07, 6.45) is -4.48. The second-order valence-electron chi connectivity index (χ2n) is 5.00. The molecule has 1 N–H and O–H groups in total. The fraction of sp³-hybridized carbons (Fsp3) is 0.188. The van der Waals surface area contributed by atoms with E-state index in [1.165, 1.54) is 37.3 Å². The van der Waals surface area contributed by atoms with Gasteiger partial charge in [-0.25, -0.2) is 4.39 Å². The Kier molecular flexibility index (Phi) is 7.44. The summed E-state index contributed by atoms with van der Waals surface area (Å²) in [5.74, 6) is -0.202. The van der Waals surface area contributed by atoms with E-state index in [0.717, 1.165) is 6.07 Å². The maximum absolute atomic E-state index is 13.1. The molecule has 0 aliphatic rings. The molecule has 2 aromatic carbocycles. The molecule has 0 fully saturated rings. The van der Waals surface area contributed by atoms with E-state index in [1.54, 1.807) is 13.0 Å². The number of nitrogens with one attached hydrogen (secondary N) is 1. The van der Waals surface area contributed by atoms with E-state index < -0.39 is 28.1 Å². The molecule has 0 saturated heterocycles. The zero-order valence-corrected chi connectivity index (χ0v) is 14.5. The molecule has 0 atom stereocenters. The lowest BCUT2D eigenvalue weighted by Crippen LogP contribution is -2.13. The second kappa shape index (κ2) is 9.09. The van der Waals surface area contributed by atoms with Crippen molar-refractivity contribution < 1.29 is 30.8 Å². The zero-order valence-electron chi connectivity index (χ0n) is 13.6. The van der Waals surface area contributed by atoms with Gasteiger partial charge in [-0.1, -0.05) is 22.9 Å². The first kappa shape index (κ1) is 21.3. The molecular weight excluding hydrogens is 376 g/mol. The predicted octanol–water partition coefficient (Wildman–Crippen LogP) is 4.58. The summed E-state index contributed by atoms with van der Waals surface area (Å²) >= 11 is 0. The van der Waals surface area contributed by atoms with E-state index in [0.29, 0.717) is 5.56 Å². The average Bonchev–Trinajstić information content (AvgIpc) is 2.52. The van der Waals surface area contributed by atoms with Crippen LogP contribution in [0.1, 0.15) is 23.6 Å². The first-order chi connectivity index (χ1) is 12.0. The Morgan fingerprint density at radius 2 is 1.65 bits per heavy atom. The quantitative estimate of drug-likeness (QED) is 0.473. The number of aryl methyl sites for hydroxylation is 1. The van der Waals surface area contributed by atoms with E-state index in [1.807, 2.05) is 0 Å². The van der Waals surface area contributed by atoms with Gasteiger partial charge < -0.3 is 4.84 Å². The Balaban J connectivity index is 0.000000765. The molecule has 0 unspecified atom stereocenters. The van der Waals surface area contributed by atoms with Crippen LogP contribution in [0.15, 0.2) is 47.6 Å². The highest BCUT2D eigenvalue weighted by atomic mass is 32.2. The van der Waals surface area contributed by atoms with Crippen LogP contribution in [0.3, 0.4) is 0 Å². The number of oxime groups is 1. The predicted molar refractivity (Wildman–Crippen MR) is 87.1 cm³/mol. The Morgan fingerprint density at radius 1 is 1.12 bits per heavy atom. The summed E-state index contributed by atoms with van der Waals surface area (Å²) in [4.78, 5) is 5.03. The summed E-state index contributed by atoms with van der Waals surface area (Å²) in [7, 11) is -2.61. The third-order valence-electron chi connectivity index (χ3n) is 2.97. The van der Waals surface area contributed by atoms with E-state index in [2.05, 4.69) is 5.16 Å². The fourth-order valence-electron chi connectivity index (χ4n) is 1.87. The Bertz CT molecular complexity index is 886. The lowest BCUT2D eigenvalue weighted by atomic mass is 10.0. The Morgan fingerprint density at radius 3 is 2.15 bits per heavy atom. The maximum atomic E-state index is 13.1. The highest BCUT2D eigenvalue weighted by molar-refractivity contribution is 7.60. The molecule has 0 aromatic heterocycles. The van der Waals surface area contributed by atoms with Gasteiger partial charge in [0.05, 0.1) is 11.3 Å². The van der Waals surface area contributed by atoms with Crippen molar-refractivity contribution in [3.63, 3.8) is 0 Å². The molecule has 5 nitrogen and oxygen atoms in total. The van der Waals surface area contributed by atoms with Gasteiger partial charge in [0.2, 0.25) is 0 Å². The molecule has 140 valence electrons. The van der Waals surface area contributed by atoms with Crippen molar-refractivity contribution >= 4 is 16.2 Å². The van der Waals surface area contributed by atoms with Crippen molar-refractivity contribution in [2.24, 2.45) is 5.16 Å². The lowest BCUT2D eigenvalue weighted by molar-refractivity contribution is -0.137. The van der Waals surface area contributed by atoms with Gasteiger partial charge in [0.15, 0.2) is 5.75 Å². The van der Waals surface area contributed by atoms with Crippen LogP contribution in [0.5, 0.6) is 5.75 Å². The number of hydrogen-bond acceptors (Lipinski definition) is 5. The van der Waals surface area contributed by atoms with Gasteiger partial charge in [0, 0.05) is 5.56 Å². The van der Waals surface area contributed by atoms with Crippen LogP contribution in [0.4, 0.5) is 17.6 Å². The second-order valence-corrected chi connectivity index (χ2v) is 5.47. The largest absolute Gasteiger partial charge is 0.417 e. The van der Waals surface area contributed by atoms with E-state index in [4.69, 9.17) is 18.0 Å². The molecule has 0 saturated carbocycles. The molecule has 0 aliphatic heterocycles. The highest BCUT2D eigenvalue weighted by Gasteiger charge is 2.34. The van der Waals surface area contributed by atoms with Crippen molar-refractivity contribution in [2.45, 2.75) is 20.0 Å². The van der Waals surface area contributed by atoms with Crippen LogP contribution in [0.25, 0.3) is 0 Å². The number of halogens is 4. The standard InChI is InChI=1S/C16H13F4NO.HNO2S/c1-10-3-8-14(15(9-10)16(18,19)20)11(2)21-22-13-6-4-12(17)5-7-13;1-4(2)3/h3-9H,1-2H3;1H/b21-11-;. The summed E-state index contributed by atoms with van der Waals surface area (Å²) < 4.78 is 74.8. The number of nitrogens with zero attached hydrogens (tertiary/aromatic N) is 1. The summed E-state index contributed by atoms with van der Waals surface area (Å²) in [6.45, 7) is 3.00. The topological polar surface area (TPSA) is 79.6 Å². The van der Waals surface area contributed by atoms with Gasteiger partial charge >= 0.3 is 16.7 Å². The molecule has 2 rings (SSSR count). The van der Waals surface area contributed by atoms with Crippen LogP contribution >= 0.6 is 0 Å². The molecule has 0 amide bonds. The van der Waals surface area contributed by atoms with E-state index >= 15 is 0 Å². The molecule has 10 heteroatoms. The molecule has 2 aromatic rings. The third kappa shape index (κ3) is 7.01. The van der Waals surface area contributed by atoms with Crippen molar-refractivity contribution in [3.05, 3.63) is 65.0 Å². The number of alkyl halides is 3. The smallest absolute Gasteiger partial charge is 0.357 e. The third-order valence-corrected chi connectivity index (χ3v) is 2.97. The van der Waals surface area contributed by atoms with Crippen molar-refractivity contribution in [1.29, 1.82) is 4.78 Å². The molecular formula is C16H14F4N2O3S. The van der Waals surface area contributed by atoms with Gasteiger partial charge in [-0.3, -0.25) is 0 Å². The van der Waals surface area contributed by atoms with Crippen LogP contribution < -0.4 is 4.84 Å². The van der Waals surface area contributed by atoms with Gasteiger partial charge in [-0.05, 0) is 44.2 Å². The van der Waals surface area contributed by atoms with Crippen molar-refractivity contribution in [1.82, 2.24) is 0 Å². The van der Waals surface area contributed by atoms with Gasteiger partial charge in [-0.15, -0.1) is 0 Å². The highest BCUT2D eigenvalue weighted by Crippen LogP contribution is 2.33. The molecule has 0 aliphatic carbocycles. The first-order valence-electron chi connectivity index (χ1n) is 6.96. The summed E-state index contributed by atoms with van der Waals surface area (Å²) in [5.41, 5.74) is -0.239. The number of hydrogen-bond donors (Lipinski definition) is 1. The van der Waals surface area contributed by atoms with Crippen LogP contribution in [0.2, 0.25) is 0 Å². The minimum Gasteiger partial charge on any atom is -0.357 e. The molecule has 0 radical (unpaired) electrons. The van der Waals surface area contributed by atoms with Crippen LogP contribution in [-0.4, -0.2) is 14.1 Å². The van der Waals surface area contributed by atoms with Crippen LogP contribution in [0, 0.1) is 17.5 Å². The van der Waals surface area contributed by atoms with Crippen molar-refractivity contribution in [3.8, 4) is 5.75 Å². The first-order valence-corrected chi connectivity index (χ1v) is 8.04. The Hall–Kier alpha value is -2.75. The minimum atomic E-state index is -4.48. The van der Waals surface area contributed by atoms with E-state index in [-0.39, 0.29) is 17.0 Å². The molecule has 0 bridgehead atoms.